The van der Waals surface area contributed by atoms with Crippen LogP contribution < -0.4 is 10.5 Å². The average molecular weight is 411 g/mol. The van der Waals surface area contributed by atoms with Crippen molar-refractivity contribution in [2.45, 2.75) is 4.90 Å². The molecule has 1 heterocycles. The minimum Gasteiger partial charge on any atom is -0.321 e. The summed E-state index contributed by atoms with van der Waals surface area (Å²) in [7, 11) is -3.85. The van der Waals surface area contributed by atoms with E-state index in [4.69, 9.17) is 5.14 Å². The summed E-state index contributed by atoms with van der Waals surface area (Å²) in [6.07, 6.45) is 2.78. The van der Waals surface area contributed by atoms with Gasteiger partial charge in [-0.1, -0.05) is 0 Å². The molecule has 0 bridgehead atoms. The number of nitrogens with one attached hydrogen (secondary N) is 2. The Bertz CT molecular complexity index is 1220. The summed E-state index contributed by atoms with van der Waals surface area (Å²) >= 11 is 0. The zero-order valence-corrected chi connectivity index (χ0v) is 15.6. The zero-order valence-electron chi connectivity index (χ0n) is 14.8. The Morgan fingerprint density at radius 3 is 2.41 bits per heavy atom. The van der Waals surface area contributed by atoms with Crippen LogP contribution >= 0.6 is 0 Å². The summed E-state index contributed by atoms with van der Waals surface area (Å²) in [5, 5.41) is 23.6. The Balaban J connectivity index is 1.84. The highest BCUT2D eigenvalue weighted by Crippen LogP contribution is 2.23. The van der Waals surface area contributed by atoms with Crippen LogP contribution in [0.5, 0.6) is 0 Å². The minimum absolute atomic E-state index is 0.103. The first kappa shape index (κ1) is 19.9. The van der Waals surface area contributed by atoms with Crippen LogP contribution in [0.3, 0.4) is 0 Å². The third-order valence-electron chi connectivity index (χ3n) is 3.91. The third kappa shape index (κ3) is 4.73. The van der Waals surface area contributed by atoms with Gasteiger partial charge in [-0.25, -0.2) is 17.9 Å². The molecule has 0 saturated carbocycles. The highest BCUT2D eigenvalue weighted by molar-refractivity contribution is 7.89. The number of nitriles is 1. The van der Waals surface area contributed by atoms with E-state index in [0.717, 1.165) is 0 Å². The van der Waals surface area contributed by atoms with E-state index in [2.05, 4.69) is 15.5 Å². The second-order valence-electron chi connectivity index (χ2n) is 5.90. The summed E-state index contributed by atoms with van der Waals surface area (Å²) in [6.45, 7) is 0. The van der Waals surface area contributed by atoms with Gasteiger partial charge in [0, 0.05) is 16.8 Å². The van der Waals surface area contributed by atoms with E-state index in [1.807, 2.05) is 6.07 Å². The molecule has 3 aromatic rings. The Morgan fingerprint density at radius 1 is 1.17 bits per heavy atom. The molecule has 0 saturated heterocycles. The molecule has 1 aromatic heterocycles. The van der Waals surface area contributed by atoms with E-state index >= 15 is 0 Å². The van der Waals surface area contributed by atoms with Crippen LogP contribution in [0.25, 0.3) is 17.3 Å². The molecule has 2 aromatic carbocycles. The lowest BCUT2D eigenvalue weighted by Gasteiger charge is -2.05. The van der Waals surface area contributed by atoms with E-state index in [0.29, 0.717) is 16.8 Å². The van der Waals surface area contributed by atoms with Crippen molar-refractivity contribution in [3.63, 3.8) is 0 Å². The number of H-pyrrole nitrogens is 1. The van der Waals surface area contributed by atoms with Gasteiger partial charge in [0.1, 0.15) is 17.5 Å². The normalized spacial score (nSPS) is 11.7. The molecule has 10 heteroatoms. The lowest BCUT2D eigenvalue weighted by molar-refractivity contribution is -0.112. The average Bonchev–Trinajstić information content (AvgIpc) is 3.14. The number of halogens is 1. The van der Waals surface area contributed by atoms with E-state index in [-0.39, 0.29) is 16.2 Å². The fourth-order valence-corrected chi connectivity index (χ4v) is 3.00. The SMILES string of the molecule is N#C/C(=C\c1cn[nH]c1-c1ccc(F)cc1)C(=O)Nc1ccc(S(N)(=O)=O)cc1. The minimum atomic E-state index is -3.85. The fourth-order valence-electron chi connectivity index (χ4n) is 2.48. The number of benzene rings is 2. The number of nitrogens with zero attached hydrogens (tertiary/aromatic N) is 2. The van der Waals surface area contributed by atoms with Gasteiger partial charge in [0.05, 0.1) is 16.8 Å². The Kier molecular flexibility index (Phi) is 5.54. The first-order chi connectivity index (χ1) is 13.8. The number of aromatic nitrogens is 2. The molecule has 4 N–H and O–H groups in total. The first-order valence-electron chi connectivity index (χ1n) is 8.13. The summed E-state index contributed by atoms with van der Waals surface area (Å²) < 4.78 is 35.7. The predicted octanol–water partition coefficient (Wildman–Crippen LogP) is 2.41. The quantitative estimate of drug-likeness (QED) is 0.437. The molecule has 0 radical (unpaired) electrons. The van der Waals surface area contributed by atoms with Crippen molar-refractivity contribution < 1.29 is 17.6 Å². The third-order valence-corrected chi connectivity index (χ3v) is 4.84. The van der Waals surface area contributed by atoms with Gasteiger partial charge in [-0.2, -0.15) is 10.4 Å². The summed E-state index contributed by atoms with van der Waals surface area (Å²) in [4.78, 5) is 12.3. The number of hydrogen-bond donors (Lipinski definition) is 3. The summed E-state index contributed by atoms with van der Waals surface area (Å²) in [5.74, 6) is -1.09. The molecular formula is C19H14FN5O3S. The fraction of sp³-hybridized carbons (Fsp3) is 0. The van der Waals surface area contributed by atoms with Gasteiger partial charge in [0.15, 0.2) is 0 Å². The van der Waals surface area contributed by atoms with Crippen LogP contribution in [-0.2, 0) is 14.8 Å². The van der Waals surface area contributed by atoms with Gasteiger partial charge in [-0.15, -0.1) is 0 Å². The van der Waals surface area contributed by atoms with Crippen LogP contribution in [0.4, 0.5) is 10.1 Å². The number of nitrogens with two attached hydrogens (primary N) is 1. The van der Waals surface area contributed by atoms with E-state index in [1.165, 1.54) is 48.7 Å². The molecule has 0 fully saturated rings. The predicted molar refractivity (Wildman–Crippen MR) is 104 cm³/mol. The molecule has 3 rings (SSSR count). The number of carbonyl (C=O) groups excluding carboxylic acids is 1. The highest BCUT2D eigenvalue weighted by Gasteiger charge is 2.14. The number of sulfonamides is 1. The Labute approximate surface area is 165 Å². The van der Waals surface area contributed by atoms with E-state index in [9.17, 15) is 22.9 Å². The zero-order chi connectivity index (χ0) is 21.0. The van der Waals surface area contributed by atoms with Crippen LogP contribution in [0, 0.1) is 17.1 Å². The van der Waals surface area contributed by atoms with Gasteiger partial charge >= 0.3 is 0 Å². The monoisotopic (exact) mass is 411 g/mol. The molecule has 0 aliphatic carbocycles. The van der Waals surface area contributed by atoms with Crippen molar-refractivity contribution in [1.82, 2.24) is 10.2 Å². The van der Waals surface area contributed by atoms with Gasteiger partial charge in [-0.3, -0.25) is 9.89 Å². The Morgan fingerprint density at radius 2 is 1.83 bits per heavy atom. The second-order valence-corrected chi connectivity index (χ2v) is 7.46. The lowest BCUT2D eigenvalue weighted by Crippen LogP contribution is -2.14. The van der Waals surface area contributed by atoms with Crippen molar-refractivity contribution in [3.8, 4) is 17.3 Å². The van der Waals surface area contributed by atoms with Gasteiger partial charge in [0.2, 0.25) is 10.0 Å². The van der Waals surface area contributed by atoms with Crippen LogP contribution in [0.2, 0.25) is 0 Å². The smallest absolute Gasteiger partial charge is 0.266 e. The van der Waals surface area contributed by atoms with Crippen molar-refractivity contribution in [3.05, 3.63) is 71.7 Å². The topological polar surface area (TPSA) is 142 Å². The first-order valence-corrected chi connectivity index (χ1v) is 9.68. The number of amides is 1. The molecule has 0 aliphatic heterocycles. The maximum Gasteiger partial charge on any atom is 0.266 e. The number of aromatic amines is 1. The second kappa shape index (κ2) is 8.05. The molecule has 0 aliphatic rings. The summed E-state index contributed by atoms with van der Waals surface area (Å²) in [5.41, 5.74) is 1.70. The maximum atomic E-state index is 13.1. The molecule has 1 amide bonds. The van der Waals surface area contributed by atoms with Crippen molar-refractivity contribution in [1.29, 1.82) is 5.26 Å². The van der Waals surface area contributed by atoms with Crippen LogP contribution in [0.1, 0.15) is 5.56 Å². The van der Waals surface area contributed by atoms with Crippen LogP contribution in [-0.4, -0.2) is 24.5 Å². The van der Waals surface area contributed by atoms with Gasteiger partial charge in [-0.05, 0) is 54.6 Å². The number of carbonyl (C=O) groups is 1. The molecule has 8 nitrogen and oxygen atoms in total. The van der Waals surface area contributed by atoms with Gasteiger partial charge < -0.3 is 5.32 Å². The highest BCUT2D eigenvalue weighted by atomic mass is 32.2. The van der Waals surface area contributed by atoms with Crippen molar-refractivity contribution in [2.75, 3.05) is 5.32 Å². The standard InChI is InChI=1S/C19H14FN5O3S/c20-15-3-1-12(2-4-15)18-14(11-23-25-18)9-13(10-21)19(26)24-16-5-7-17(8-6-16)29(22,27)28/h1-9,11H,(H,23,25)(H,24,26)(H2,22,27,28)/b13-9+. The number of primary sulfonamides is 1. The number of hydrogen-bond acceptors (Lipinski definition) is 5. The van der Waals surface area contributed by atoms with Gasteiger partial charge in [0.25, 0.3) is 5.91 Å². The number of anilines is 1. The van der Waals surface area contributed by atoms with Crippen LogP contribution in [0.15, 0.2) is 65.2 Å². The molecular weight excluding hydrogens is 397 g/mol. The molecule has 0 unspecified atom stereocenters. The Hall–Kier alpha value is -3.81. The number of rotatable bonds is 5. The van der Waals surface area contributed by atoms with E-state index < -0.39 is 21.7 Å². The molecule has 146 valence electrons. The van der Waals surface area contributed by atoms with Crippen molar-refractivity contribution in [2.24, 2.45) is 5.14 Å². The largest absolute Gasteiger partial charge is 0.321 e. The summed E-state index contributed by atoms with van der Waals surface area (Å²) in [6, 6.07) is 12.7. The van der Waals surface area contributed by atoms with E-state index in [1.54, 1.807) is 12.1 Å². The molecule has 29 heavy (non-hydrogen) atoms. The maximum absolute atomic E-state index is 13.1. The van der Waals surface area contributed by atoms with Crippen molar-refractivity contribution >= 4 is 27.7 Å². The lowest BCUT2D eigenvalue weighted by atomic mass is 10.1. The molecule has 0 atom stereocenters. The molecule has 0 spiro atoms.